The third-order valence-electron chi connectivity index (χ3n) is 3.83. The molecule has 1 atom stereocenters. The van der Waals surface area contributed by atoms with E-state index >= 15 is 0 Å². The van der Waals surface area contributed by atoms with Crippen LogP contribution in [0.4, 0.5) is 0 Å². The number of rotatable bonds is 3. The van der Waals surface area contributed by atoms with Crippen molar-refractivity contribution < 1.29 is 4.74 Å². The zero-order valence-electron chi connectivity index (χ0n) is 11.3. The molecule has 102 valence electrons. The molecule has 0 radical (unpaired) electrons. The van der Waals surface area contributed by atoms with Gasteiger partial charge in [0.25, 0.3) is 0 Å². The zero-order chi connectivity index (χ0) is 13.2. The van der Waals surface area contributed by atoms with Gasteiger partial charge in [-0.25, -0.2) is 0 Å². The van der Waals surface area contributed by atoms with Crippen LogP contribution in [-0.4, -0.2) is 30.7 Å². The number of benzene rings is 1. The lowest BCUT2D eigenvalue weighted by molar-refractivity contribution is -0.00423. The largest absolute Gasteiger partial charge is 0.379 e. The van der Waals surface area contributed by atoms with E-state index in [-0.39, 0.29) is 0 Å². The van der Waals surface area contributed by atoms with Gasteiger partial charge in [-0.2, -0.15) is 0 Å². The van der Waals surface area contributed by atoms with Gasteiger partial charge in [0.2, 0.25) is 0 Å². The number of morpholine rings is 1. The number of nitrogens with two attached hydrogens (primary N) is 1. The molecule has 0 spiro atoms. The van der Waals surface area contributed by atoms with Crippen LogP contribution in [0.2, 0.25) is 0 Å². The van der Waals surface area contributed by atoms with Gasteiger partial charge >= 0.3 is 0 Å². The van der Waals surface area contributed by atoms with Crippen LogP contribution in [0.15, 0.2) is 24.3 Å². The maximum atomic E-state index is 5.92. The Labute approximate surface area is 118 Å². The van der Waals surface area contributed by atoms with E-state index in [4.69, 9.17) is 10.5 Å². The average Bonchev–Trinajstić information content (AvgIpc) is 2.79. The maximum Gasteiger partial charge on any atom is 0.0619 e. The minimum atomic E-state index is 0.484. The predicted octanol–water partition coefficient (Wildman–Crippen LogP) is 2.58. The van der Waals surface area contributed by atoms with Crippen molar-refractivity contribution in [3.8, 4) is 0 Å². The van der Waals surface area contributed by atoms with Crippen LogP contribution in [-0.2, 0) is 17.8 Å². The molecule has 2 aromatic rings. The van der Waals surface area contributed by atoms with E-state index in [0.717, 1.165) is 26.3 Å². The lowest BCUT2D eigenvalue weighted by Crippen LogP contribution is -2.43. The highest BCUT2D eigenvalue weighted by molar-refractivity contribution is 7.19. The summed E-state index contributed by atoms with van der Waals surface area (Å²) in [5, 5.41) is 1.37. The molecule has 0 amide bonds. The van der Waals surface area contributed by atoms with Crippen LogP contribution < -0.4 is 5.73 Å². The second-order valence-corrected chi connectivity index (χ2v) is 6.24. The van der Waals surface area contributed by atoms with Gasteiger partial charge in [-0.15, -0.1) is 11.3 Å². The second-order valence-electron chi connectivity index (χ2n) is 5.10. The van der Waals surface area contributed by atoms with E-state index in [9.17, 15) is 0 Å². The van der Waals surface area contributed by atoms with Gasteiger partial charge in [0, 0.05) is 35.3 Å². The Morgan fingerprint density at radius 1 is 1.42 bits per heavy atom. The third kappa shape index (κ3) is 2.54. The molecule has 0 saturated carbocycles. The summed E-state index contributed by atoms with van der Waals surface area (Å²) in [7, 11) is 0. The highest BCUT2D eigenvalue weighted by atomic mass is 32.1. The van der Waals surface area contributed by atoms with Crippen molar-refractivity contribution in [1.29, 1.82) is 0 Å². The zero-order valence-corrected chi connectivity index (χ0v) is 12.1. The van der Waals surface area contributed by atoms with Crippen LogP contribution >= 0.6 is 11.3 Å². The highest BCUT2D eigenvalue weighted by Gasteiger charge is 2.21. The summed E-state index contributed by atoms with van der Waals surface area (Å²) in [6.45, 7) is 6.53. The molecule has 1 aromatic heterocycles. The molecule has 1 saturated heterocycles. The smallest absolute Gasteiger partial charge is 0.0619 e. The molecular weight excluding hydrogens is 256 g/mol. The summed E-state index contributed by atoms with van der Waals surface area (Å²) in [5.41, 5.74) is 7.34. The SMILES string of the molecule is CC1COCCN1Cc1c(CN)sc2ccccc12. The van der Waals surface area contributed by atoms with Crippen molar-refractivity contribution in [2.75, 3.05) is 19.8 Å². The van der Waals surface area contributed by atoms with Crippen molar-refractivity contribution in [3.63, 3.8) is 0 Å². The maximum absolute atomic E-state index is 5.92. The monoisotopic (exact) mass is 276 g/mol. The quantitative estimate of drug-likeness (QED) is 0.936. The predicted molar refractivity (Wildman–Crippen MR) is 80.4 cm³/mol. The fourth-order valence-electron chi connectivity index (χ4n) is 2.69. The molecule has 2 heterocycles. The third-order valence-corrected chi connectivity index (χ3v) is 5.07. The first kappa shape index (κ1) is 13.1. The molecule has 1 fully saturated rings. The van der Waals surface area contributed by atoms with E-state index in [1.165, 1.54) is 20.5 Å². The standard InChI is InChI=1S/C15H20N2OS/c1-11-10-18-7-6-17(11)9-13-12-4-2-3-5-14(12)19-15(13)8-16/h2-5,11H,6-10,16H2,1H3. The average molecular weight is 276 g/mol. The fraction of sp³-hybridized carbons (Fsp3) is 0.467. The molecule has 4 heteroatoms. The minimum absolute atomic E-state index is 0.484. The Balaban J connectivity index is 1.94. The Bertz CT molecular complexity index is 566. The summed E-state index contributed by atoms with van der Waals surface area (Å²) >= 11 is 1.83. The molecule has 1 unspecified atom stereocenters. The second kappa shape index (κ2) is 5.59. The number of nitrogens with zero attached hydrogens (tertiary/aromatic N) is 1. The first-order valence-electron chi connectivity index (χ1n) is 6.80. The summed E-state index contributed by atoms with van der Waals surface area (Å²) in [6, 6.07) is 9.09. The number of hydrogen-bond donors (Lipinski definition) is 1. The molecule has 1 aliphatic rings. The van der Waals surface area contributed by atoms with Crippen molar-refractivity contribution in [2.45, 2.75) is 26.1 Å². The van der Waals surface area contributed by atoms with Crippen LogP contribution in [0.5, 0.6) is 0 Å². The van der Waals surface area contributed by atoms with Gasteiger partial charge in [-0.1, -0.05) is 18.2 Å². The van der Waals surface area contributed by atoms with E-state index in [0.29, 0.717) is 12.6 Å². The summed E-state index contributed by atoms with van der Waals surface area (Å²) in [4.78, 5) is 3.82. The van der Waals surface area contributed by atoms with Crippen molar-refractivity contribution in [3.05, 3.63) is 34.7 Å². The molecular formula is C15H20N2OS. The molecule has 0 aliphatic carbocycles. The van der Waals surface area contributed by atoms with Gasteiger partial charge in [0.15, 0.2) is 0 Å². The lowest BCUT2D eigenvalue weighted by atomic mass is 10.1. The normalized spacial score (nSPS) is 21.1. The number of thiophene rings is 1. The van der Waals surface area contributed by atoms with Crippen LogP contribution in [0.3, 0.4) is 0 Å². The summed E-state index contributed by atoms with van der Waals surface area (Å²) in [5.74, 6) is 0. The minimum Gasteiger partial charge on any atom is -0.379 e. The van der Waals surface area contributed by atoms with Crippen LogP contribution in [0, 0.1) is 0 Å². The molecule has 1 aliphatic heterocycles. The lowest BCUT2D eigenvalue weighted by Gasteiger charge is -2.33. The van der Waals surface area contributed by atoms with E-state index < -0.39 is 0 Å². The Morgan fingerprint density at radius 2 is 2.26 bits per heavy atom. The van der Waals surface area contributed by atoms with Gasteiger partial charge in [-0.3, -0.25) is 4.90 Å². The van der Waals surface area contributed by atoms with E-state index in [1.807, 2.05) is 11.3 Å². The van der Waals surface area contributed by atoms with Gasteiger partial charge in [0.1, 0.15) is 0 Å². The Kier molecular flexibility index (Phi) is 3.84. The fourth-order valence-corrected chi connectivity index (χ4v) is 3.78. The van der Waals surface area contributed by atoms with Crippen LogP contribution in [0.1, 0.15) is 17.4 Å². The topological polar surface area (TPSA) is 38.5 Å². The molecule has 3 nitrogen and oxygen atoms in total. The molecule has 0 bridgehead atoms. The highest BCUT2D eigenvalue weighted by Crippen LogP contribution is 2.32. The summed E-state index contributed by atoms with van der Waals surface area (Å²) < 4.78 is 6.86. The van der Waals surface area contributed by atoms with E-state index in [1.54, 1.807) is 0 Å². The van der Waals surface area contributed by atoms with Crippen molar-refractivity contribution >= 4 is 21.4 Å². The molecule has 3 rings (SSSR count). The molecule has 2 N–H and O–H groups in total. The van der Waals surface area contributed by atoms with E-state index in [2.05, 4.69) is 36.1 Å². The Hall–Kier alpha value is -0.940. The number of hydrogen-bond acceptors (Lipinski definition) is 4. The summed E-state index contributed by atoms with van der Waals surface area (Å²) in [6.07, 6.45) is 0. The molecule has 1 aromatic carbocycles. The van der Waals surface area contributed by atoms with Crippen molar-refractivity contribution in [1.82, 2.24) is 4.90 Å². The first-order valence-corrected chi connectivity index (χ1v) is 7.62. The van der Waals surface area contributed by atoms with Gasteiger partial charge < -0.3 is 10.5 Å². The van der Waals surface area contributed by atoms with Crippen LogP contribution in [0.25, 0.3) is 10.1 Å². The van der Waals surface area contributed by atoms with Gasteiger partial charge in [-0.05, 0) is 23.9 Å². The van der Waals surface area contributed by atoms with Gasteiger partial charge in [0.05, 0.1) is 13.2 Å². The number of fused-ring (bicyclic) bond motifs is 1. The number of ether oxygens (including phenoxy) is 1. The Morgan fingerprint density at radius 3 is 3.05 bits per heavy atom. The van der Waals surface area contributed by atoms with Crippen molar-refractivity contribution in [2.24, 2.45) is 5.73 Å². The molecule has 19 heavy (non-hydrogen) atoms. The first-order chi connectivity index (χ1) is 9.29.